The maximum atomic E-state index is 11.8. The molecular formula is C12H18N2O2. The van der Waals surface area contributed by atoms with E-state index in [1.54, 1.807) is 4.90 Å². The fourth-order valence-electron chi connectivity index (χ4n) is 2.01. The Labute approximate surface area is 95.9 Å². The number of hydrogen-bond acceptors (Lipinski definition) is 2. The van der Waals surface area contributed by atoms with Crippen LogP contribution in [0.15, 0.2) is 12.2 Å². The Kier molecular flexibility index (Phi) is 2.99. The van der Waals surface area contributed by atoms with Gasteiger partial charge in [-0.15, -0.1) is 0 Å². The average molecular weight is 222 g/mol. The van der Waals surface area contributed by atoms with Crippen LogP contribution in [0.2, 0.25) is 0 Å². The quantitative estimate of drug-likeness (QED) is 0.662. The van der Waals surface area contributed by atoms with Gasteiger partial charge in [-0.2, -0.15) is 0 Å². The second-order valence-corrected chi connectivity index (χ2v) is 4.50. The largest absolute Gasteiger partial charge is 0.336 e. The standard InChI is InChI=1S/C12H18N2O2/c1-3-9(2)12(16)13-6-7-14(10-4-5-10)11(15)8-13/h10H,2-8H2,1H3. The number of nitrogens with zero attached hydrogens (tertiary/aromatic N) is 2. The van der Waals surface area contributed by atoms with Gasteiger partial charge < -0.3 is 9.80 Å². The molecule has 4 nitrogen and oxygen atoms in total. The van der Waals surface area contributed by atoms with Gasteiger partial charge in [-0.25, -0.2) is 0 Å². The van der Waals surface area contributed by atoms with Gasteiger partial charge in [0.1, 0.15) is 6.54 Å². The molecule has 0 atom stereocenters. The first-order valence-electron chi connectivity index (χ1n) is 5.90. The lowest BCUT2D eigenvalue weighted by Crippen LogP contribution is -2.53. The lowest BCUT2D eigenvalue weighted by molar-refractivity contribution is -0.143. The highest BCUT2D eigenvalue weighted by molar-refractivity contribution is 5.95. The fraction of sp³-hybridized carbons (Fsp3) is 0.667. The van der Waals surface area contributed by atoms with Crippen molar-refractivity contribution in [1.82, 2.24) is 9.80 Å². The molecule has 1 saturated carbocycles. The van der Waals surface area contributed by atoms with Crippen molar-refractivity contribution in [3.05, 3.63) is 12.2 Å². The number of amides is 2. The Morgan fingerprint density at radius 2 is 2.12 bits per heavy atom. The Balaban J connectivity index is 1.93. The molecule has 1 aliphatic carbocycles. The van der Waals surface area contributed by atoms with Gasteiger partial charge in [0.2, 0.25) is 11.8 Å². The summed E-state index contributed by atoms with van der Waals surface area (Å²) in [5.41, 5.74) is 0.590. The topological polar surface area (TPSA) is 40.6 Å². The molecule has 0 aromatic heterocycles. The van der Waals surface area contributed by atoms with Crippen LogP contribution in [0.3, 0.4) is 0 Å². The predicted molar refractivity (Wildman–Crippen MR) is 60.7 cm³/mol. The maximum absolute atomic E-state index is 11.8. The number of carbonyl (C=O) groups excluding carboxylic acids is 2. The first kappa shape index (κ1) is 11.2. The van der Waals surface area contributed by atoms with Crippen LogP contribution in [0.4, 0.5) is 0 Å². The molecule has 1 heterocycles. The van der Waals surface area contributed by atoms with Crippen molar-refractivity contribution in [3.63, 3.8) is 0 Å². The summed E-state index contributed by atoms with van der Waals surface area (Å²) in [6.07, 6.45) is 2.90. The molecule has 88 valence electrons. The zero-order valence-corrected chi connectivity index (χ0v) is 9.74. The molecule has 0 aromatic rings. The monoisotopic (exact) mass is 222 g/mol. The van der Waals surface area contributed by atoms with E-state index in [9.17, 15) is 9.59 Å². The summed E-state index contributed by atoms with van der Waals surface area (Å²) in [5.74, 6) is 0.0253. The van der Waals surface area contributed by atoms with Gasteiger partial charge in [-0.1, -0.05) is 13.5 Å². The molecule has 0 aromatic carbocycles. The van der Waals surface area contributed by atoms with Crippen LogP contribution in [0.1, 0.15) is 26.2 Å². The molecule has 0 unspecified atom stereocenters. The highest BCUT2D eigenvalue weighted by Crippen LogP contribution is 2.28. The Morgan fingerprint density at radius 3 is 2.62 bits per heavy atom. The van der Waals surface area contributed by atoms with Crippen LogP contribution in [0, 0.1) is 0 Å². The molecule has 0 bridgehead atoms. The molecule has 1 aliphatic heterocycles. The minimum atomic E-state index is -0.0636. The van der Waals surface area contributed by atoms with Crippen LogP contribution in [0.25, 0.3) is 0 Å². The molecule has 1 saturated heterocycles. The van der Waals surface area contributed by atoms with E-state index in [1.807, 2.05) is 11.8 Å². The van der Waals surface area contributed by atoms with Crippen LogP contribution in [-0.2, 0) is 9.59 Å². The van der Waals surface area contributed by atoms with Gasteiger partial charge in [0.25, 0.3) is 0 Å². The van der Waals surface area contributed by atoms with Crippen molar-refractivity contribution in [2.75, 3.05) is 19.6 Å². The third kappa shape index (κ3) is 2.10. The molecule has 0 N–H and O–H groups in total. The van der Waals surface area contributed by atoms with Crippen molar-refractivity contribution >= 4 is 11.8 Å². The summed E-state index contributed by atoms with van der Waals surface area (Å²) >= 11 is 0. The van der Waals surface area contributed by atoms with Gasteiger partial charge in [0.15, 0.2) is 0 Å². The third-order valence-corrected chi connectivity index (χ3v) is 3.26. The van der Waals surface area contributed by atoms with E-state index >= 15 is 0 Å². The van der Waals surface area contributed by atoms with E-state index in [2.05, 4.69) is 6.58 Å². The number of hydrogen-bond donors (Lipinski definition) is 0. The van der Waals surface area contributed by atoms with Gasteiger partial charge >= 0.3 is 0 Å². The van der Waals surface area contributed by atoms with Gasteiger partial charge in [-0.05, 0) is 19.3 Å². The van der Waals surface area contributed by atoms with Crippen LogP contribution in [0.5, 0.6) is 0 Å². The smallest absolute Gasteiger partial charge is 0.249 e. The lowest BCUT2D eigenvalue weighted by atomic mass is 10.2. The third-order valence-electron chi connectivity index (χ3n) is 3.26. The van der Waals surface area contributed by atoms with Crippen molar-refractivity contribution in [1.29, 1.82) is 0 Å². The zero-order chi connectivity index (χ0) is 11.7. The van der Waals surface area contributed by atoms with Crippen LogP contribution >= 0.6 is 0 Å². The molecule has 2 rings (SSSR count). The Bertz CT molecular complexity index is 334. The predicted octanol–water partition coefficient (Wildman–Crippen LogP) is 0.786. The lowest BCUT2D eigenvalue weighted by Gasteiger charge is -2.34. The second kappa shape index (κ2) is 4.28. The molecule has 0 radical (unpaired) electrons. The van der Waals surface area contributed by atoms with Gasteiger partial charge in [-0.3, -0.25) is 9.59 Å². The van der Waals surface area contributed by atoms with Crippen LogP contribution < -0.4 is 0 Å². The first-order chi connectivity index (χ1) is 7.63. The summed E-state index contributed by atoms with van der Waals surface area (Å²) in [5, 5.41) is 0. The minimum absolute atomic E-state index is 0.0636. The molecular weight excluding hydrogens is 204 g/mol. The second-order valence-electron chi connectivity index (χ2n) is 4.50. The SMILES string of the molecule is C=C(CC)C(=O)N1CCN(C2CC2)C(=O)C1. The minimum Gasteiger partial charge on any atom is -0.336 e. The van der Waals surface area contributed by atoms with Crippen molar-refractivity contribution in [2.45, 2.75) is 32.2 Å². The number of rotatable bonds is 3. The van der Waals surface area contributed by atoms with Crippen molar-refractivity contribution in [3.8, 4) is 0 Å². The molecule has 2 amide bonds. The van der Waals surface area contributed by atoms with E-state index in [4.69, 9.17) is 0 Å². The normalized spacial score (nSPS) is 21.2. The highest BCUT2D eigenvalue weighted by Gasteiger charge is 2.36. The highest BCUT2D eigenvalue weighted by atomic mass is 16.2. The fourth-order valence-corrected chi connectivity index (χ4v) is 2.01. The Morgan fingerprint density at radius 1 is 1.44 bits per heavy atom. The molecule has 0 spiro atoms. The Hall–Kier alpha value is -1.32. The van der Waals surface area contributed by atoms with Crippen LogP contribution in [-0.4, -0.2) is 47.3 Å². The average Bonchev–Trinajstić information content (AvgIpc) is 3.10. The summed E-state index contributed by atoms with van der Waals surface area (Å²) in [7, 11) is 0. The summed E-state index contributed by atoms with van der Waals surface area (Å²) in [4.78, 5) is 27.2. The van der Waals surface area contributed by atoms with E-state index in [1.165, 1.54) is 0 Å². The summed E-state index contributed by atoms with van der Waals surface area (Å²) in [6, 6.07) is 0.458. The molecule has 4 heteroatoms. The molecule has 2 aliphatic rings. The zero-order valence-electron chi connectivity index (χ0n) is 9.74. The summed E-state index contributed by atoms with van der Waals surface area (Å²) in [6.45, 7) is 7.20. The number of piperazine rings is 1. The van der Waals surface area contributed by atoms with Gasteiger partial charge in [0, 0.05) is 24.7 Å². The van der Waals surface area contributed by atoms with Crippen molar-refractivity contribution in [2.24, 2.45) is 0 Å². The van der Waals surface area contributed by atoms with Gasteiger partial charge in [0.05, 0.1) is 0 Å². The van der Waals surface area contributed by atoms with E-state index in [0.717, 1.165) is 12.8 Å². The maximum Gasteiger partial charge on any atom is 0.249 e. The van der Waals surface area contributed by atoms with Crippen molar-refractivity contribution < 1.29 is 9.59 Å². The molecule has 2 fully saturated rings. The molecule has 16 heavy (non-hydrogen) atoms. The number of carbonyl (C=O) groups is 2. The van der Waals surface area contributed by atoms with E-state index in [-0.39, 0.29) is 18.4 Å². The van der Waals surface area contributed by atoms with E-state index < -0.39 is 0 Å². The first-order valence-corrected chi connectivity index (χ1v) is 5.90. The summed E-state index contributed by atoms with van der Waals surface area (Å²) < 4.78 is 0. The van der Waals surface area contributed by atoms with E-state index in [0.29, 0.717) is 31.1 Å².